The molecule has 4 heteroatoms. The lowest BCUT2D eigenvalue weighted by Gasteiger charge is -1.99. The Morgan fingerprint density at radius 3 is 2.24 bits per heavy atom. The number of hydrogen-bond acceptors (Lipinski definition) is 2. The molecule has 1 aliphatic rings. The number of rotatable bonds is 1. The van der Waals surface area contributed by atoms with E-state index >= 15 is 0 Å². The van der Waals surface area contributed by atoms with E-state index in [2.05, 4.69) is 10.5 Å². The van der Waals surface area contributed by atoms with Crippen molar-refractivity contribution in [2.75, 3.05) is 0 Å². The van der Waals surface area contributed by atoms with Crippen LogP contribution in [0.15, 0.2) is 52.1 Å². The summed E-state index contributed by atoms with van der Waals surface area (Å²) in [5.41, 5.74) is 1.03. The summed E-state index contributed by atoms with van der Waals surface area (Å²) in [6.07, 6.45) is 3.78. The topological polar surface area (TPSA) is 34.1 Å². The number of thiol groups is 1. The van der Waals surface area contributed by atoms with Crippen LogP contribution in [0.1, 0.15) is 5.56 Å². The smallest absolute Gasteiger partial charge is 0.210 e. The number of benzene rings is 1. The number of aryl methyl sites for hydroxylation is 1. The lowest BCUT2D eigenvalue weighted by Crippen LogP contribution is -1.96. The highest BCUT2D eigenvalue weighted by atomic mass is 32.2. The first kappa shape index (κ1) is 12.0. The van der Waals surface area contributed by atoms with E-state index in [9.17, 15) is 8.42 Å². The first-order valence-electron chi connectivity index (χ1n) is 5.05. The minimum Gasteiger partial charge on any atom is -0.210 e. The van der Waals surface area contributed by atoms with Gasteiger partial charge in [-0.05, 0) is 35.1 Å². The van der Waals surface area contributed by atoms with Crippen LogP contribution < -0.4 is 0 Å². The molecule has 1 heterocycles. The molecule has 0 fully saturated rings. The minimum atomic E-state index is -3.48. The Labute approximate surface area is 104 Å². The van der Waals surface area contributed by atoms with Gasteiger partial charge in [0.25, 0.3) is 0 Å². The fourth-order valence-electron chi connectivity index (χ4n) is 1.30. The molecule has 0 spiro atoms. The third kappa shape index (κ3) is 3.02. The van der Waals surface area contributed by atoms with Gasteiger partial charge in [-0.2, -0.15) is 0 Å². The van der Waals surface area contributed by atoms with E-state index in [4.69, 9.17) is 0 Å². The second-order valence-corrected chi connectivity index (χ2v) is 6.94. The molecule has 1 aromatic carbocycles. The maximum Gasteiger partial charge on any atom is 0.246 e. The molecule has 0 saturated heterocycles. The molecule has 0 N–H and O–H groups in total. The Kier molecular flexibility index (Phi) is 3.41. The van der Waals surface area contributed by atoms with Crippen molar-refractivity contribution >= 4 is 20.7 Å². The summed E-state index contributed by atoms with van der Waals surface area (Å²) in [4.78, 5) is 0.262. The summed E-state index contributed by atoms with van der Waals surface area (Å²) in [7, 11) is -4.18. The van der Waals surface area contributed by atoms with Gasteiger partial charge in [0, 0.05) is 5.25 Å². The second kappa shape index (κ2) is 4.82. The molecule has 0 atom stereocenters. The highest BCUT2D eigenvalue weighted by Crippen LogP contribution is 2.31. The fourth-order valence-corrected chi connectivity index (χ4v) is 3.63. The molecule has 17 heavy (non-hydrogen) atoms. The summed E-state index contributed by atoms with van der Waals surface area (Å²) in [5.74, 6) is 0. The third-order valence-corrected chi connectivity index (χ3v) is 5.02. The molecule has 2 nitrogen and oxygen atoms in total. The lowest BCUT2D eigenvalue weighted by molar-refractivity contribution is 0.606. The summed E-state index contributed by atoms with van der Waals surface area (Å²) >= 11 is 0. The zero-order chi connectivity index (χ0) is 12.3. The molecule has 1 aliphatic heterocycles. The third-order valence-electron chi connectivity index (χ3n) is 2.24. The van der Waals surface area contributed by atoms with E-state index in [-0.39, 0.29) is 4.90 Å². The Bertz CT molecular complexity index is 614. The summed E-state index contributed by atoms with van der Waals surface area (Å²) in [5, 5.41) is 9.02. The van der Waals surface area contributed by atoms with Crippen LogP contribution in [0.3, 0.4) is 0 Å². The zero-order valence-corrected chi connectivity index (χ0v) is 11.0. The van der Waals surface area contributed by atoms with Crippen LogP contribution >= 0.6 is 10.9 Å². The van der Waals surface area contributed by atoms with Crippen LogP contribution in [0.4, 0.5) is 0 Å². The molecule has 0 unspecified atom stereocenters. The molecule has 0 aromatic heterocycles. The van der Waals surface area contributed by atoms with Gasteiger partial charge in [-0.15, -0.1) is 10.9 Å². The van der Waals surface area contributed by atoms with E-state index in [0.717, 1.165) is 5.56 Å². The maximum absolute atomic E-state index is 11.9. The molecule has 0 radical (unpaired) electrons. The van der Waals surface area contributed by atoms with Crippen LogP contribution in [-0.2, 0) is 9.84 Å². The van der Waals surface area contributed by atoms with Crippen molar-refractivity contribution < 1.29 is 8.42 Å². The number of allylic oxidation sites excluding steroid dienone is 2. The van der Waals surface area contributed by atoms with Crippen LogP contribution in [0.25, 0.3) is 0 Å². The van der Waals surface area contributed by atoms with Crippen molar-refractivity contribution in [3.63, 3.8) is 0 Å². The molecule has 1 aromatic rings. The van der Waals surface area contributed by atoms with E-state index in [1.54, 1.807) is 24.3 Å². The van der Waals surface area contributed by atoms with Crippen LogP contribution in [-0.4, -0.2) is 8.42 Å². The Hall–Kier alpha value is -1.44. The predicted octanol–water partition coefficient (Wildman–Crippen LogP) is 2.73. The van der Waals surface area contributed by atoms with Gasteiger partial charge in [0.15, 0.2) is 0 Å². The number of hydrogen-bond donors (Lipinski definition) is 1. The van der Waals surface area contributed by atoms with Crippen molar-refractivity contribution in [3.8, 4) is 10.5 Å². The normalized spacial score (nSPS) is 15.7. The highest BCUT2D eigenvalue weighted by Gasteiger charge is 2.10. The van der Waals surface area contributed by atoms with Crippen molar-refractivity contribution in [2.45, 2.75) is 11.8 Å². The van der Waals surface area contributed by atoms with E-state index in [1.807, 2.05) is 29.9 Å². The number of sulfone groups is 1. The first-order chi connectivity index (χ1) is 8.08. The second-order valence-electron chi connectivity index (χ2n) is 3.62. The molecular formula is C13H12O2S2. The first-order valence-corrected chi connectivity index (χ1v) is 8.02. The summed E-state index contributed by atoms with van der Waals surface area (Å²) < 4.78 is 23.8. The van der Waals surface area contributed by atoms with Crippen LogP contribution in [0, 0.1) is 17.4 Å². The van der Waals surface area contributed by atoms with Gasteiger partial charge in [0.2, 0.25) is 9.84 Å². The van der Waals surface area contributed by atoms with E-state index in [0.29, 0.717) is 0 Å². The van der Waals surface area contributed by atoms with E-state index < -0.39 is 20.7 Å². The Morgan fingerprint density at radius 2 is 1.65 bits per heavy atom. The molecule has 0 bridgehead atoms. The minimum absolute atomic E-state index is 0.262. The largest absolute Gasteiger partial charge is 0.246 e. The summed E-state index contributed by atoms with van der Waals surface area (Å²) in [6, 6.07) is 6.73. The molecule has 2 rings (SSSR count). The molecule has 0 aliphatic carbocycles. The quantitative estimate of drug-likeness (QED) is 0.625. The van der Waals surface area contributed by atoms with Gasteiger partial charge in [0.05, 0.1) is 4.90 Å². The van der Waals surface area contributed by atoms with Gasteiger partial charge in [-0.25, -0.2) is 8.42 Å². The molecule has 0 amide bonds. The average molecular weight is 264 g/mol. The van der Waals surface area contributed by atoms with Gasteiger partial charge < -0.3 is 0 Å². The predicted molar refractivity (Wildman–Crippen MR) is 73.4 cm³/mol. The van der Waals surface area contributed by atoms with Gasteiger partial charge in [-0.1, -0.05) is 29.8 Å². The maximum atomic E-state index is 11.9. The van der Waals surface area contributed by atoms with Crippen LogP contribution in [0.2, 0.25) is 0 Å². The summed E-state index contributed by atoms with van der Waals surface area (Å²) in [6.45, 7) is 1.92. The van der Waals surface area contributed by atoms with Crippen LogP contribution in [0.5, 0.6) is 0 Å². The van der Waals surface area contributed by atoms with Gasteiger partial charge in [0.1, 0.15) is 0 Å². The van der Waals surface area contributed by atoms with Gasteiger partial charge in [-0.3, -0.25) is 0 Å². The van der Waals surface area contributed by atoms with Crippen molar-refractivity contribution in [1.82, 2.24) is 0 Å². The molecule has 88 valence electrons. The average Bonchev–Trinajstić information content (AvgIpc) is 2.80. The lowest BCUT2D eigenvalue weighted by atomic mass is 10.2. The monoisotopic (exact) mass is 264 g/mol. The van der Waals surface area contributed by atoms with Gasteiger partial charge >= 0.3 is 0 Å². The fraction of sp³-hybridized carbons (Fsp3) is 0.0769. The standard InChI is InChI=1S/C13H12O2S2/c1-12-4-6-13(7-5-12)17(14,15)11-10-16-8-2-3-9-16/h2-9,16H,1H3. The van der Waals surface area contributed by atoms with Crippen molar-refractivity contribution in [3.05, 3.63) is 52.8 Å². The van der Waals surface area contributed by atoms with E-state index in [1.165, 1.54) is 0 Å². The SMILES string of the molecule is Cc1ccc(S(=O)(=O)C#C[SH]2C=CC=C2)cc1. The van der Waals surface area contributed by atoms with Crippen molar-refractivity contribution in [1.29, 1.82) is 0 Å². The molecular weight excluding hydrogens is 252 g/mol. The molecule has 0 saturated carbocycles. The Morgan fingerprint density at radius 1 is 1.06 bits per heavy atom. The zero-order valence-electron chi connectivity index (χ0n) is 9.29. The Balaban J connectivity index is 2.27. The highest BCUT2D eigenvalue weighted by molar-refractivity contribution is 8.26. The van der Waals surface area contributed by atoms with Crippen molar-refractivity contribution in [2.24, 2.45) is 0 Å².